The molecule has 1 heterocycles. The zero-order valence-electron chi connectivity index (χ0n) is 16.4. The molecule has 4 nitrogen and oxygen atoms in total. The molecule has 0 aliphatic rings. The van der Waals surface area contributed by atoms with Crippen molar-refractivity contribution in [3.63, 3.8) is 0 Å². The van der Waals surface area contributed by atoms with Gasteiger partial charge in [0.1, 0.15) is 0 Å². The van der Waals surface area contributed by atoms with Gasteiger partial charge in [-0.15, -0.1) is 11.3 Å². The highest BCUT2D eigenvalue weighted by molar-refractivity contribution is 7.16. The number of carbonyl (C=O) groups excluding carboxylic acids is 2. The molecule has 0 spiro atoms. The molecule has 0 atom stereocenters. The molecule has 1 aromatic heterocycles. The molecule has 0 unspecified atom stereocenters. The van der Waals surface area contributed by atoms with Crippen LogP contribution in [0.1, 0.15) is 31.2 Å². The fourth-order valence-electron chi connectivity index (χ4n) is 3.15. The maximum atomic E-state index is 13.6. The first-order valence-corrected chi connectivity index (χ1v) is 10.2. The van der Waals surface area contributed by atoms with Crippen LogP contribution in [0.25, 0.3) is 11.3 Å². The fraction of sp³-hybridized carbons (Fsp3) is 0.0417. The first-order chi connectivity index (χ1) is 14.9. The van der Waals surface area contributed by atoms with Gasteiger partial charge in [0, 0.05) is 21.6 Å². The molecule has 1 N–H and O–H groups in total. The Morgan fingerprint density at radius 1 is 0.871 bits per heavy atom. The average molecular weight is 434 g/mol. The lowest BCUT2D eigenvalue weighted by atomic mass is 9.98. The summed E-state index contributed by atoms with van der Waals surface area (Å²) in [6.07, 6.45) is 0. The van der Waals surface area contributed by atoms with Crippen LogP contribution in [0.5, 0.6) is 0 Å². The van der Waals surface area contributed by atoms with E-state index in [1.165, 1.54) is 17.4 Å². The Kier molecular flexibility index (Phi) is 5.68. The molecule has 0 fully saturated rings. The summed E-state index contributed by atoms with van der Waals surface area (Å²) in [5.41, 5.74) is 1.84. The van der Waals surface area contributed by atoms with Crippen LogP contribution in [-0.2, 0) is 0 Å². The molecule has 0 aliphatic carbocycles. The van der Waals surface area contributed by atoms with Crippen molar-refractivity contribution in [3.05, 3.63) is 106 Å². The molecule has 0 saturated heterocycles. The third-order valence-corrected chi connectivity index (χ3v) is 5.55. The van der Waals surface area contributed by atoms with Gasteiger partial charge in [0.2, 0.25) is 0 Å². The first-order valence-electron chi connectivity index (χ1n) is 9.37. The number of aryl methyl sites for hydroxylation is 1. The number of nitrogens with zero attached hydrogens (tertiary/aromatic N) is 1. The van der Waals surface area contributed by atoms with Crippen LogP contribution >= 0.6 is 11.3 Å². The van der Waals surface area contributed by atoms with Crippen molar-refractivity contribution in [2.75, 3.05) is 5.32 Å². The lowest BCUT2D eigenvalue weighted by Gasteiger charge is -2.08. The van der Waals surface area contributed by atoms with Gasteiger partial charge < -0.3 is 0 Å². The van der Waals surface area contributed by atoms with E-state index in [0.717, 1.165) is 17.0 Å². The highest BCUT2D eigenvalue weighted by Crippen LogP contribution is 2.31. The molecule has 7 heteroatoms. The average Bonchev–Trinajstić information content (AvgIpc) is 3.15. The predicted molar refractivity (Wildman–Crippen MR) is 116 cm³/mol. The number of ketones is 1. The molecule has 4 aromatic rings. The Morgan fingerprint density at radius 2 is 1.55 bits per heavy atom. The third kappa shape index (κ3) is 4.27. The second-order valence-corrected chi connectivity index (χ2v) is 7.95. The predicted octanol–water partition coefficient (Wildman–Crippen LogP) is 5.88. The van der Waals surface area contributed by atoms with Crippen molar-refractivity contribution in [2.45, 2.75) is 6.92 Å². The van der Waals surface area contributed by atoms with Crippen molar-refractivity contribution in [1.82, 2.24) is 4.98 Å². The summed E-state index contributed by atoms with van der Waals surface area (Å²) in [6.45, 7) is 1.77. The van der Waals surface area contributed by atoms with E-state index in [4.69, 9.17) is 0 Å². The number of rotatable bonds is 5. The molecule has 31 heavy (non-hydrogen) atoms. The summed E-state index contributed by atoms with van der Waals surface area (Å²) < 4.78 is 26.8. The van der Waals surface area contributed by atoms with Crippen LogP contribution in [0.4, 0.5) is 13.9 Å². The second-order valence-electron chi connectivity index (χ2n) is 6.75. The molecule has 0 saturated carbocycles. The summed E-state index contributed by atoms with van der Waals surface area (Å²) in [6, 6.07) is 18.8. The number of anilines is 1. The highest BCUT2D eigenvalue weighted by atomic mass is 32.1. The van der Waals surface area contributed by atoms with Gasteiger partial charge in [-0.05, 0) is 31.2 Å². The van der Waals surface area contributed by atoms with Gasteiger partial charge in [0.15, 0.2) is 22.5 Å². The van der Waals surface area contributed by atoms with E-state index < -0.39 is 17.5 Å². The Bertz CT molecular complexity index is 1290. The third-order valence-electron chi connectivity index (χ3n) is 4.66. The molecule has 0 radical (unpaired) electrons. The number of amides is 1. The van der Waals surface area contributed by atoms with E-state index >= 15 is 0 Å². The van der Waals surface area contributed by atoms with E-state index in [9.17, 15) is 18.4 Å². The van der Waals surface area contributed by atoms with Gasteiger partial charge in [-0.2, -0.15) is 0 Å². The fourth-order valence-corrected chi connectivity index (χ4v) is 3.98. The SMILES string of the molecule is Cc1sc(NC(=O)c2ccccc2C(=O)c2ccccc2)nc1-c1ccc(F)c(F)c1. The summed E-state index contributed by atoms with van der Waals surface area (Å²) in [5.74, 6) is -2.65. The Labute approximate surface area is 181 Å². The number of aromatic nitrogens is 1. The van der Waals surface area contributed by atoms with Crippen molar-refractivity contribution in [3.8, 4) is 11.3 Å². The number of halogens is 2. The van der Waals surface area contributed by atoms with Crippen LogP contribution < -0.4 is 5.32 Å². The van der Waals surface area contributed by atoms with E-state index in [0.29, 0.717) is 22.0 Å². The molecule has 154 valence electrons. The monoisotopic (exact) mass is 434 g/mol. The van der Waals surface area contributed by atoms with Crippen LogP contribution in [-0.4, -0.2) is 16.7 Å². The molecule has 1 amide bonds. The zero-order chi connectivity index (χ0) is 22.0. The molecule has 4 rings (SSSR count). The van der Waals surface area contributed by atoms with Crippen LogP contribution in [0.15, 0.2) is 72.8 Å². The quantitative estimate of drug-likeness (QED) is 0.399. The highest BCUT2D eigenvalue weighted by Gasteiger charge is 2.20. The molecule has 0 bridgehead atoms. The van der Waals surface area contributed by atoms with Gasteiger partial charge in [0.05, 0.1) is 11.3 Å². The van der Waals surface area contributed by atoms with Gasteiger partial charge in [-0.25, -0.2) is 13.8 Å². The summed E-state index contributed by atoms with van der Waals surface area (Å²) in [4.78, 5) is 30.9. The summed E-state index contributed by atoms with van der Waals surface area (Å²) in [7, 11) is 0. The van der Waals surface area contributed by atoms with E-state index in [-0.39, 0.29) is 16.9 Å². The molecule has 3 aromatic carbocycles. The number of hydrogen-bond donors (Lipinski definition) is 1. The molecule has 0 aliphatic heterocycles. The van der Waals surface area contributed by atoms with E-state index in [1.54, 1.807) is 55.5 Å². The summed E-state index contributed by atoms with van der Waals surface area (Å²) in [5, 5.41) is 3.01. The van der Waals surface area contributed by atoms with Crippen LogP contribution in [0.2, 0.25) is 0 Å². The van der Waals surface area contributed by atoms with E-state index in [1.807, 2.05) is 6.07 Å². The largest absolute Gasteiger partial charge is 0.298 e. The van der Waals surface area contributed by atoms with Crippen molar-refractivity contribution in [2.24, 2.45) is 0 Å². The van der Waals surface area contributed by atoms with Crippen LogP contribution in [0, 0.1) is 18.6 Å². The smallest absolute Gasteiger partial charge is 0.258 e. The zero-order valence-corrected chi connectivity index (χ0v) is 17.2. The summed E-state index contributed by atoms with van der Waals surface area (Å²) >= 11 is 1.21. The van der Waals surface area contributed by atoms with Gasteiger partial charge in [-0.1, -0.05) is 48.5 Å². The minimum atomic E-state index is -0.969. The lowest BCUT2D eigenvalue weighted by molar-refractivity contribution is 0.0996. The Morgan fingerprint density at radius 3 is 2.26 bits per heavy atom. The number of nitrogens with one attached hydrogen (secondary N) is 1. The van der Waals surface area contributed by atoms with E-state index in [2.05, 4.69) is 10.3 Å². The minimum absolute atomic E-state index is 0.221. The lowest BCUT2D eigenvalue weighted by Crippen LogP contribution is -2.16. The Hall–Kier alpha value is -3.71. The molecular weight excluding hydrogens is 418 g/mol. The van der Waals surface area contributed by atoms with Crippen LogP contribution in [0.3, 0.4) is 0 Å². The Balaban J connectivity index is 1.61. The van der Waals surface area contributed by atoms with Crippen molar-refractivity contribution < 1.29 is 18.4 Å². The van der Waals surface area contributed by atoms with Crippen molar-refractivity contribution in [1.29, 1.82) is 0 Å². The van der Waals surface area contributed by atoms with Gasteiger partial charge >= 0.3 is 0 Å². The maximum absolute atomic E-state index is 13.6. The maximum Gasteiger partial charge on any atom is 0.258 e. The first kappa shape index (κ1) is 20.6. The standard InChI is InChI=1S/C24H16F2N2O2S/c1-14-21(16-11-12-19(25)20(26)13-16)27-24(31-14)28-23(30)18-10-6-5-9-17(18)22(29)15-7-3-2-4-8-15/h2-13H,1H3,(H,27,28,30). The van der Waals surface area contributed by atoms with Crippen molar-refractivity contribution >= 4 is 28.2 Å². The van der Waals surface area contributed by atoms with Gasteiger partial charge in [-0.3, -0.25) is 14.9 Å². The second kappa shape index (κ2) is 8.57. The normalized spacial score (nSPS) is 10.7. The topological polar surface area (TPSA) is 59.1 Å². The number of hydrogen-bond acceptors (Lipinski definition) is 4. The number of thiazole rings is 1. The minimum Gasteiger partial charge on any atom is -0.298 e. The number of benzene rings is 3. The molecular formula is C24H16F2N2O2S. The van der Waals surface area contributed by atoms with Gasteiger partial charge in [0.25, 0.3) is 5.91 Å². The number of carbonyl (C=O) groups is 2.